The van der Waals surface area contributed by atoms with E-state index in [9.17, 15) is 4.79 Å². The fourth-order valence-corrected chi connectivity index (χ4v) is 4.03. The standard InChI is InChI=1S/C20H39N5O2/c1-5-21-20(25-15-10-17(11-16-25)27-6-2)22-12-8-14-24-13-7-9-18(24)19(26)23(3)4/h17-18H,5-16H2,1-4H3,(H,21,22). The van der Waals surface area contributed by atoms with E-state index in [0.29, 0.717) is 6.10 Å². The van der Waals surface area contributed by atoms with Crippen molar-refractivity contribution in [2.45, 2.75) is 58.1 Å². The number of nitrogens with one attached hydrogen (secondary N) is 1. The Morgan fingerprint density at radius 1 is 1.19 bits per heavy atom. The average molecular weight is 382 g/mol. The molecule has 0 saturated carbocycles. The molecule has 1 atom stereocenters. The molecule has 0 aromatic heterocycles. The zero-order valence-corrected chi connectivity index (χ0v) is 17.7. The minimum atomic E-state index is 0.0646. The third-order valence-corrected chi connectivity index (χ3v) is 5.43. The summed E-state index contributed by atoms with van der Waals surface area (Å²) in [5, 5.41) is 3.43. The predicted octanol–water partition coefficient (Wildman–Crippen LogP) is 1.40. The zero-order chi connectivity index (χ0) is 19.6. The number of amides is 1. The van der Waals surface area contributed by atoms with Gasteiger partial charge < -0.3 is 19.9 Å². The number of rotatable bonds is 8. The van der Waals surface area contributed by atoms with Crippen molar-refractivity contribution >= 4 is 11.9 Å². The van der Waals surface area contributed by atoms with E-state index in [1.807, 2.05) is 14.1 Å². The number of carbonyl (C=O) groups excluding carboxylic acids is 1. The van der Waals surface area contributed by atoms with Crippen molar-refractivity contribution in [3.05, 3.63) is 0 Å². The summed E-state index contributed by atoms with van der Waals surface area (Å²) in [5.74, 6) is 1.26. The van der Waals surface area contributed by atoms with E-state index >= 15 is 0 Å². The molecule has 0 bridgehead atoms. The van der Waals surface area contributed by atoms with E-state index in [1.165, 1.54) is 0 Å². The van der Waals surface area contributed by atoms with E-state index in [0.717, 1.165) is 83.9 Å². The average Bonchev–Trinajstić information content (AvgIpc) is 3.13. The fourth-order valence-electron chi connectivity index (χ4n) is 4.03. The van der Waals surface area contributed by atoms with Crippen molar-refractivity contribution in [2.24, 2.45) is 4.99 Å². The molecule has 2 fully saturated rings. The molecule has 0 aliphatic carbocycles. The van der Waals surface area contributed by atoms with Gasteiger partial charge in [0.05, 0.1) is 12.1 Å². The molecule has 0 aromatic carbocycles. The number of guanidine groups is 1. The lowest BCUT2D eigenvalue weighted by molar-refractivity contribution is -0.133. The summed E-state index contributed by atoms with van der Waals surface area (Å²) in [5.41, 5.74) is 0. The molecular weight excluding hydrogens is 342 g/mol. The number of ether oxygens (including phenoxy) is 1. The lowest BCUT2D eigenvalue weighted by Gasteiger charge is -2.34. The van der Waals surface area contributed by atoms with Crippen molar-refractivity contribution in [2.75, 3.05) is 60.0 Å². The number of aliphatic imine (C=N–C) groups is 1. The van der Waals surface area contributed by atoms with E-state index in [4.69, 9.17) is 9.73 Å². The monoisotopic (exact) mass is 381 g/mol. The maximum Gasteiger partial charge on any atom is 0.239 e. The van der Waals surface area contributed by atoms with Gasteiger partial charge in [0.15, 0.2) is 5.96 Å². The highest BCUT2D eigenvalue weighted by atomic mass is 16.5. The topological polar surface area (TPSA) is 60.4 Å². The quantitative estimate of drug-likeness (QED) is 0.391. The minimum Gasteiger partial charge on any atom is -0.378 e. The largest absolute Gasteiger partial charge is 0.378 e. The second-order valence-corrected chi connectivity index (χ2v) is 7.66. The number of piperidine rings is 1. The molecule has 1 unspecified atom stereocenters. The molecule has 27 heavy (non-hydrogen) atoms. The molecular formula is C20H39N5O2. The van der Waals surface area contributed by atoms with E-state index in [2.05, 4.69) is 29.0 Å². The predicted molar refractivity (Wildman–Crippen MR) is 110 cm³/mol. The lowest BCUT2D eigenvalue weighted by atomic mass is 10.1. The Morgan fingerprint density at radius 2 is 1.93 bits per heavy atom. The van der Waals surface area contributed by atoms with Gasteiger partial charge in [-0.25, -0.2) is 0 Å². The summed E-state index contributed by atoms with van der Waals surface area (Å²) in [7, 11) is 3.70. The molecule has 2 aliphatic heterocycles. The van der Waals surface area contributed by atoms with Crippen LogP contribution in [0.2, 0.25) is 0 Å². The van der Waals surface area contributed by atoms with Crippen LogP contribution in [0.25, 0.3) is 0 Å². The van der Waals surface area contributed by atoms with Crippen molar-refractivity contribution in [3.8, 4) is 0 Å². The van der Waals surface area contributed by atoms with E-state index in [1.54, 1.807) is 4.90 Å². The molecule has 156 valence electrons. The maximum atomic E-state index is 12.3. The van der Waals surface area contributed by atoms with Crippen molar-refractivity contribution in [3.63, 3.8) is 0 Å². The molecule has 2 rings (SSSR count). The minimum absolute atomic E-state index is 0.0646. The Kier molecular flexibility index (Phi) is 9.34. The summed E-state index contributed by atoms with van der Waals surface area (Å²) in [4.78, 5) is 23.5. The first-order chi connectivity index (χ1) is 13.1. The Labute approximate surface area is 165 Å². The smallest absolute Gasteiger partial charge is 0.239 e. The van der Waals surface area contributed by atoms with Crippen molar-refractivity contribution < 1.29 is 9.53 Å². The summed E-state index contributed by atoms with van der Waals surface area (Å²) >= 11 is 0. The van der Waals surface area contributed by atoms with Gasteiger partial charge in [-0.1, -0.05) is 0 Å². The number of nitrogens with zero attached hydrogens (tertiary/aromatic N) is 4. The first-order valence-corrected chi connectivity index (χ1v) is 10.7. The van der Waals surface area contributed by atoms with Crippen LogP contribution in [0.1, 0.15) is 46.0 Å². The summed E-state index contributed by atoms with van der Waals surface area (Å²) < 4.78 is 5.75. The number of likely N-dealkylation sites (N-methyl/N-ethyl adjacent to an activating group) is 1. The fraction of sp³-hybridized carbons (Fsp3) is 0.900. The number of hydrogen-bond donors (Lipinski definition) is 1. The summed E-state index contributed by atoms with van der Waals surface area (Å²) in [6.45, 7) is 10.6. The highest BCUT2D eigenvalue weighted by molar-refractivity contribution is 5.81. The van der Waals surface area contributed by atoms with Crippen LogP contribution in [0.15, 0.2) is 4.99 Å². The Balaban J connectivity index is 1.79. The van der Waals surface area contributed by atoms with E-state index < -0.39 is 0 Å². The van der Waals surface area contributed by atoms with Crippen LogP contribution in [-0.4, -0.2) is 98.7 Å². The SMILES string of the molecule is CCNC(=NCCCN1CCCC1C(=O)N(C)C)N1CCC(OCC)CC1. The second kappa shape index (κ2) is 11.5. The number of hydrogen-bond acceptors (Lipinski definition) is 4. The van der Waals surface area contributed by atoms with Gasteiger partial charge in [0.25, 0.3) is 0 Å². The zero-order valence-electron chi connectivity index (χ0n) is 17.7. The first-order valence-electron chi connectivity index (χ1n) is 10.7. The van der Waals surface area contributed by atoms with Crippen LogP contribution in [0.4, 0.5) is 0 Å². The third kappa shape index (κ3) is 6.64. The van der Waals surface area contributed by atoms with Crippen molar-refractivity contribution in [1.82, 2.24) is 20.0 Å². The second-order valence-electron chi connectivity index (χ2n) is 7.66. The van der Waals surface area contributed by atoms with Crippen LogP contribution in [0.5, 0.6) is 0 Å². The molecule has 2 aliphatic rings. The van der Waals surface area contributed by atoms with Gasteiger partial charge in [0.1, 0.15) is 0 Å². The van der Waals surface area contributed by atoms with Crippen LogP contribution < -0.4 is 5.32 Å². The molecule has 1 amide bonds. The molecule has 2 heterocycles. The Bertz CT molecular complexity index is 475. The Hall–Kier alpha value is -1.34. The normalized spacial score (nSPS) is 22.3. The molecule has 7 nitrogen and oxygen atoms in total. The number of carbonyl (C=O) groups is 1. The molecule has 2 saturated heterocycles. The summed E-state index contributed by atoms with van der Waals surface area (Å²) in [6, 6.07) is 0.0646. The van der Waals surface area contributed by atoms with Gasteiger partial charge in [-0.05, 0) is 52.5 Å². The van der Waals surface area contributed by atoms with Gasteiger partial charge in [-0.2, -0.15) is 0 Å². The van der Waals surface area contributed by atoms with Crippen LogP contribution >= 0.6 is 0 Å². The van der Waals surface area contributed by atoms with Gasteiger partial charge >= 0.3 is 0 Å². The molecule has 1 N–H and O–H groups in total. The molecule has 0 spiro atoms. The molecule has 0 radical (unpaired) electrons. The highest BCUT2D eigenvalue weighted by Crippen LogP contribution is 2.19. The molecule has 7 heteroatoms. The summed E-state index contributed by atoms with van der Waals surface area (Å²) in [6.07, 6.45) is 5.63. The Morgan fingerprint density at radius 3 is 2.56 bits per heavy atom. The van der Waals surface area contributed by atoms with Gasteiger partial charge in [-0.3, -0.25) is 14.7 Å². The van der Waals surface area contributed by atoms with Gasteiger partial charge in [0.2, 0.25) is 5.91 Å². The van der Waals surface area contributed by atoms with Crippen LogP contribution in [0.3, 0.4) is 0 Å². The lowest BCUT2D eigenvalue weighted by Crippen LogP contribution is -2.47. The highest BCUT2D eigenvalue weighted by Gasteiger charge is 2.31. The van der Waals surface area contributed by atoms with E-state index in [-0.39, 0.29) is 11.9 Å². The van der Waals surface area contributed by atoms with Crippen LogP contribution in [-0.2, 0) is 9.53 Å². The first kappa shape index (κ1) is 22.0. The maximum absolute atomic E-state index is 12.3. The van der Waals surface area contributed by atoms with Crippen LogP contribution in [0, 0.1) is 0 Å². The third-order valence-electron chi connectivity index (χ3n) is 5.43. The number of likely N-dealkylation sites (tertiary alicyclic amines) is 2. The van der Waals surface area contributed by atoms with Gasteiger partial charge in [-0.15, -0.1) is 0 Å². The van der Waals surface area contributed by atoms with Crippen molar-refractivity contribution in [1.29, 1.82) is 0 Å². The molecule has 0 aromatic rings. The van der Waals surface area contributed by atoms with Gasteiger partial charge in [0, 0.05) is 53.4 Å².